The summed E-state index contributed by atoms with van der Waals surface area (Å²) in [5.41, 5.74) is 3.32. The van der Waals surface area contributed by atoms with Crippen molar-refractivity contribution in [2.24, 2.45) is 22.9 Å². The fourth-order valence-electron chi connectivity index (χ4n) is 9.01. The first kappa shape index (κ1) is 44.2. The molecule has 2 N–H and O–H groups in total. The minimum Gasteiger partial charge on any atom is -0.493 e. The van der Waals surface area contributed by atoms with Crippen molar-refractivity contribution in [1.82, 2.24) is 4.90 Å². The van der Waals surface area contributed by atoms with E-state index in [-0.39, 0.29) is 63.0 Å². The summed E-state index contributed by atoms with van der Waals surface area (Å²) in [7, 11) is 0. The van der Waals surface area contributed by atoms with E-state index in [9.17, 15) is 19.4 Å². The summed E-state index contributed by atoms with van der Waals surface area (Å²) in [5, 5.41) is 24.5. The van der Waals surface area contributed by atoms with E-state index in [0.29, 0.717) is 43.1 Å². The average molecular weight is 831 g/mol. The van der Waals surface area contributed by atoms with Crippen LogP contribution >= 0.6 is 11.8 Å². The lowest BCUT2D eigenvalue weighted by atomic mass is 9.55. The van der Waals surface area contributed by atoms with E-state index >= 15 is 0 Å². The Morgan fingerprint density at radius 1 is 1.02 bits per heavy atom. The lowest BCUT2D eigenvalue weighted by Gasteiger charge is -2.59. The minimum absolute atomic E-state index is 0.0625. The number of rotatable bonds is 22. The van der Waals surface area contributed by atoms with Gasteiger partial charge in [0.25, 0.3) is 0 Å². The number of carbonyl (C=O) groups is 1. The topological polar surface area (TPSA) is 119 Å². The first-order valence-electron chi connectivity index (χ1n) is 21.1. The molecular weight excluding hydrogens is 772 g/mol. The van der Waals surface area contributed by atoms with Gasteiger partial charge in [0, 0.05) is 48.3 Å². The zero-order valence-corrected chi connectivity index (χ0v) is 35.1. The third-order valence-corrected chi connectivity index (χ3v) is 12.4. The maximum absolute atomic E-state index is 14.3. The molecule has 318 valence electrons. The van der Waals surface area contributed by atoms with Crippen molar-refractivity contribution in [3.63, 3.8) is 0 Å². The Labute approximate surface area is 352 Å². The van der Waals surface area contributed by atoms with Crippen molar-refractivity contribution in [1.29, 1.82) is 0 Å². The molecule has 2 aliphatic carbocycles. The standard InChI is InChI=1S/C47H59FN2O8S/c1-4-26-56-47-43(50(46(53)54-5-2)32-33-18-20-35(48)21-19-33)31-41(49-57-6-3)39-29-34(14-10-12-24-51)38(17-11-13-25-52)44(45(39)47)40-30-36(22-23-42(40)58-47)55-27-28-59-37-15-8-7-9-16-37/h4,7-9,15-16,18-23,29-30,34,38,43-45,51-52H,1,5-6,10-14,17,24-28,31-32H2,2-3H3/t34-,38+,43-,44+,45+,47+/m0/s1. The summed E-state index contributed by atoms with van der Waals surface area (Å²) in [6.45, 7) is 9.06. The number of hydrogen-bond acceptors (Lipinski definition) is 10. The summed E-state index contributed by atoms with van der Waals surface area (Å²) >= 11 is 1.74. The zero-order chi connectivity index (χ0) is 41.6. The Hall–Kier alpha value is -4.36. The molecule has 1 aliphatic heterocycles. The van der Waals surface area contributed by atoms with Crippen LogP contribution in [0.4, 0.5) is 9.18 Å². The number of allylic oxidation sites excluding steroid dienone is 1. The Morgan fingerprint density at radius 2 is 1.78 bits per heavy atom. The van der Waals surface area contributed by atoms with Gasteiger partial charge >= 0.3 is 6.09 Å². The molecule has 3 aromatic carbocycles. The highest BCUT2D eigenvalue weighted by molar-refractivity contribution is 7.99. The van der Waals surface area contributed by atoms with Crippen LogP contribution in [0.2, 0.25) is 0 Å². The van der Waals surface area contributed by atoms with Gasteiger partial charge in [-0.25, -0.2) is 9.18 Å². The predicted molar refractivity (Wildman–Crippen MR) is 228 cm³/mol. The molecule has 59 heavy (non-hydrogen) atoms. The van der Waals surface area contributed by atoms with Crippen molar-refractivity contribution in [2.45, 2.75) is 88.0 Å². The van der Waals surface area contributed by atoms with Gasteiger partial charge < -0.3 is 34.0 Å². The van der Waals surface area contributed by atoms with Crippen LogP contribution in [0.5, 0.6) is 11.5 Å². The fraction of sp³-hybridized carbons (Fsp3) is 0.489. The van der Waals surface area contributed by atoms with E-state index in [2.05, 4.69) is 30.9 Å². The Bertz CT molecular complexity index is 1880. The highest BCUT2D eigenvalue weighted by atomic mass is 32.2. The summed E-state index contributed by atoms with van der Waals surface area (Å²) in [6, 6.07) is 21.5. The maximum Gasteiger partial charge on any atom is 0.410 e. The fourth-order valence-corrected chi connectivity index (χ4v) is 9.76. The summed E-state index contributed by atoms with van der Waals surface area (Å²) in [6.07, 6.45) is 8.28. The number of aliphatic hydroxyl groups excluding tert-OH is 2. The van der Waals surface area contributed by atoms with Crippen LogP contribution in [0.1, 0.15) is 75.8 Å². The highest BCUT2D eigenvalue weighted by Gasteiger charge is 2.65. The Morgan fingerprint density at radius 3 is 2.49 bits per heavy atom. The molecule has 0 aromatic heterocycles. The van der Waals surface area contributed by atoms with E-state index in [1.807, 2.05) is 37.3 Å². The second kappa shape index (κ2) is 21.8. The van der Waals surface area contributed by atoms with Gasteiger partial charge in [-0.05, 0) is 105 Å². The number of oxime groups is 1. The number of ether oxygens (including phenoxy) is 4. The number of thioether (sulfide) groups is 1. The third kappa shape index (κ3) is 10.5. The Kier molecular flexibility index (Phi) is 16.3. The van der Waals surface area contributed by atoms with Crippen LogP contribution in [-0.4, -0.2) is 84.1 Å². The van der Waals surface area contributed by atoms with Gasteiger partial charge in [0.2, 0.25) is 5.79 Å². The van der Waals surface area contributed by atoms with Crippen LogP contribution in [0.3, 0.4) is 0 Å². The minimum atomic E-state index is -1.45. The van der Waals surface area contributed by atoms with Gasteiger partial charge in [0.15, 0.2) is 0 Å². The van der Waals surface area contributed by atoms with E-state index in [1.54, 1.807) is 41.8 Å². The summed E-state index contributed by atoms with van der Waals surface area (Å²) in [5.74, 6) is -0.228. The number of hydrogen-bond donors (Lipinski definition) is 2. The second-order valence-electron chi connectivity index (χ2n) is 15.2. The molecule has 6 rings (SSSR count). The Balaban J connectivity index is 1.52. The van der Waals surface area contributed by atoms with Crippen LogP contribution in [-0.2, 0) is 20.9 Å². The molecule has 3 aromatic rings. The zero-order valence-electron chi connectivity index (χ0n) is 34.3. The van der Waals surface area contributed by atoms with E-state index in [4.69, 9.17) is 28.9 Å². The molecule has 0 spiro atoms. The van der Waals surface area contributed by atoms with Crippen LogP contribution in [0, 0.1) is 23.6 Å². The molecule has 0 radical (unpaired) electrons. The first-order chi connectivity index (χ1) is 28.9. The van der Waals surface area contributed by atoms with Gasteiger partial charge in [-0.2, -0.15) is 0 Å². The molecule has 1 fully saturated rings. The number of carbonyl (C=O) groups excluding carboxylic acids is 1. The number of halogens is 1. The molecular formula is C47H59FN2O8S. The average Bonchev–Trinajstić information content (AvgIpc) is 3.25. The van der Waals surface area contributed by atoms with Crippen molar-refractivity contribution in [2.75, 3.05) is 45.4 Å². The molecule has 1 saturated carbocycles. The number of benzene rings is 3. The van der Waals surface area contributed by atoms with Gasteiger partial charge in [0.1, 0.15) is 30.0 Å². The SMILES string of the molecule is C=CCO[C@@]12Oc3ccc(OCCSc4ccccc4)cc3[C@H]3[C@H](CCCCO)[C@@H](CCCCO)C=C(C(=NOCC)C[C@@H]1N(Cc1ccc(F)cc1)C(=O)OCC)[C@H]32. The van der Waals surface area contributed by atoms with Gasteiger partial charge in [-0.1, -0.05) is 60.5 Å². The van der Waals surface area contributed by atoms with E-state index in [1.165, 1.54) is 17.0 Å². The number of unbranched alkanes of at least 4 members (excludes halogenated alkanes) is 2. The van der Waals surface area contributed by atoms with Gasteiger partial charge in [0.05, 0.1) is 31.5 Å². The van der Waals surface area contributed by atoms with E-state index < -0.39 is 23.8 Å². The number of aliphatic hydroxyl groups is 2. The van der Waals surface area contributed by atoms with E-state index in [0.717, 1.165) is 48.3 Å². The molecule has 1 amide bonds. The van der Waals surface area contributed by atoms with Gasteiger partial charge in [-0.15, -0.1) is 18.3 Å². The summed E-state index contributed by atoms with van der Waals surface area (Å²) < 4.78 is 40.6. The largest absolute Gasteiger partial charge is 0.493 e. The maximum atomic E-state index is 14.3. The summed E-state index contributed by atoms with van der Waals surface area (Å²) in [4.78, 5) is 22.9. The number of nitrogens with zero attached hydrogens (tertiary/aromatic N) is 2. The normalized spacial score (nSPS) is 23.6. The van der Waals surface area contributed by atoms with Crippen LogP contribution in [0.15, 0.2) is 107 Å². The van der Waals surface area contributed by atoms with Crippen molar-refractivity contribution in [3.05, 3.63) is 114 Å². The predicted octanol–water partition coefficient (Wildman–Crippen LogP) is 9.31. The molecule has 1 heterocycles. The molecule has 0 saturated heterocycles. The quantitative estimate of drug-likeness (QED) is 0.0442. The molecule has 6 atom stereocenters. The smallest absolute Gasteiger partial charge is 0.410 e. The van der Waals surface area contributed by atoms with Crippen molar-refractivity contribution >= 4 is 23.6 Å². The molecule has 0 bridgehead atoms. The monoisotopic (exact) mass is 830 g/mol. The number of amides is 1. The molecule has 3 aliphatic rings. The first-order valence-corrected chi connectivity index (χ1v) is 22.0. The molecule has 12 heteroatoms. The van der Waals surface area contributed by atoms with Crippen molar-refractivity contribution in [3.8, 4) is 11.5 Å². The number of fused-ring (bicyclic) bond motifs is 2. The third-order valence-electron chi connectivity index (χ3n) is 11.5. The molecule has 10 nitrogen and oxygen atoms in total. The lowest BCUT2D eigenvalue weighted by molar-refractivity contribution is -0.256. The highest BCUT2D eigenvalue weighted by Crippen LogP contribution is 2.62. The van der Waals surface area contributed by atoms with Crippen LogP contribution in [0.25, 0.3) is 0 Å². The van der Waals surface area contributed by atoms with Gasteiger partial charge in [-0.3, -0.25) is 4.90 Å². The lowest BCUT2D eigenvalue weighted by Crippen LogP contribution is -2.70. The van der Waals surface area contributed by atoms with Crippen molar-refractivity contribution < 1.29 is 43.2 Å². The van der Waals surface area contributed by atoms with Crippen LogP contribution < -0.4 is 9.47 Å². The molecule has 0 unspecified atom stereocenters. The second-order valence-corrected chi connectivity index (χ2v) is 16.3.